The third-order valence-corrected chi connectivity index (χ3v) is 6.68. The molecule has 6 nitrogen and oxygen atoms in total. The third kappa shape index (κ3) is 4.21. The quantitative estimate of drug-likeness (QED) is 0.773. The van der Waals surface area contributed by atoms with E-state index >= 15 is 0 Å². The molecular weight excluding hydrogens is 364 g/mol. The van der Waals surface area contributed by atoms with Crippen molar-refractivity contribution >= 4 is 15.9 Å². The molecule has 2 fully saturated rings. The van der Waals surface area contributed by atoms with E-state index in [2.05, 4.69) is 10.0 Å². The fourth-order valence-electron chi connectivity index (χ4n) is 3.74. The summed E-state index contributed by atoms with van der Waals surface area (Å²) < 4.78 is 52.6. The van der Waals surface area contributed by atoms with Gasteiger partial charge in [-0.2, -0.15) is 0 Å². The largest absolute Gasteiger partial charge is 0.343 e. The summed E-state index contributed by atoms with van der Waals surface area (Å²) in [6.07, 6.45) is 4.12. The van der Waals surface area contributed by atoms with Gasteiger partial charge in [-0.1, -0.05) is 0 Å². The minimum Gasteiger partial charge on any atom is -0.343 e. The lowest BCUT2D eigenvalue weighted by atomic mass is 9.98. The molecular formula is C17H23F2N3O3S. The number of fused-ring (bicyclic) bond motifs is 2. The Balaban J connectivity index is 1.51. The molecule has 2 heterocycles. The maximum Gasteiger partial charge on any atom is 0.240 e. The summed E-state index contributed by atoms with van der Waals surface area (Å²) in [7, 11) is -2.24. The van der Waals surface area contributed by atoms with Crippen molar-refractivity contribution in [1.29, 1.82) is 0 Å². The van der Waals surface area contributed by atoms with Gasteiger partial charge in [0.2, 0.25) is 15.9 Å². The summed E-state index contributed by atoms with van der Waals surface area (Å²) >= 11 is 0. The Labute approximate surface area is 152 Å². The highest BCUT2D eigenvalue weighted by molar-refractivity contribution is 7.89. The lowest BCUT2D eigenvalue weighted by molar-refractivity contribution is -0.132. The molecule has 1 aromatic carbocycles. The zero-order valence-corrected chi connectivity index (χ0v) is 15.4. The second-order valence-corrected chi connectivity index (χ2v) is 8.76. The van der Waals surface area contributed by atoms with Crippen LogP contribution < -0.4 is 10.0 Å². The fourth-order valence-corrected chi connectivity index (χ4v) is 4.79. The molecule has 26 heavy (non-hydrogen) atoms. The monoisotopic (exact) mass is 387 g/mol. The molecule has 2 aliphatic rings. The molecule has 0 saturated carbocycles. The zero-order valence-electron chi connectivity index (χ0n) is 14.5. The van der Waals surface area contributed by atoms with Crippen molar-refractivity contribution in [2.24, 2.45) is 0 Å². The fraction of sp³-hybridized carbons (Fsp3) is 0.588. The predicted molar refractivity (Wildman–Crippen MR) is 91.9 cm³/mol. The van der Waals surface area contributed by atoms with E-state index in [1.165, 1.54) is 0 Å². The minimum absolute atomic E-state index is 0.0126. The average molecular weight is 387 g/mol. The van der Waals surface area contributed by atoms with Gasteiger partial charge in [0.25, 0.3) is 0 Å². The maximum absolute atomic E-state index is 13.2. The van der Waals surface area contributed by atoms with Crippen molar-refractivity contribution < 1.29 is 22.0 Å². The van der Waals surface area contributed by atoms with Crippen molar-refractivity contribution in [2.75, 3.05) is 13.6 Å². The van der Waals surface area contributed by atoms with Gasteiger partial charge >= 0.3 is 0 Å². The van der Waals surface area contributed by atoms with Crippen LogP contribution in [-0.2, 0) is 14.8 Å². The van der Waals surface area contributed by atoms with Crippen molar-refractivity contribution in [3.63, 3.8) is 0 Å². The van der Waals surface area contributed by atoms with E-state index < -0.39 is 21.7 Å². The Morgan fingerprint density at radius 3 is 2.50 bits per heavy atom. The summed E-state index contributed by atoms with van der Waals surface area (Å²) in [4.78, 5) is 13.7. The molecule has 2 aliphatic heterocycles. The number of hydrogen-bond donors (Lipinski definition) is 2. The van der Waals surface area contributed by atoms with Gasteiger partial charge in [-0.15, -0.1) is 0 Å². The smallest absolute Gasteiger partial charge is 0.240 e. The van der Waals surface area contributed by atoms with E-state index in [0.29, 0.717) is 18.2 Å². The molecule has 0 aliphatic carbocycles. The van der Waals surface area contributed by atoms with Crippen LogP contribution in [-0.4, -0.2) is 50.9 Å². The molecule has 144 valence electrons. The third-order valence-electron chi connectivity index (χ3n) is 5.22. The van der Waals surface area contributed by atoms with Gasteiger partial charge < -0.3 is 10.2 Å². The number of sulfonamides is 1. The lowest BCUT2D eigenvalue weighted by Crippen LogP contribution is -2.49. The molecule has 0 aromatic heterocycles. The van der Waals surface area contributed by atoms with E-state index in [1.807, 2.05) is 0 Å². The molecule has 1 aromatic rings. The van der Waals surface area contributed by atoms with E-state index in [4.69, 9.17) is 0 Å². The van der Waals surface area contributed by atoms with Crippen LogP contribution in [0.1, 0.15) is 32.1 Å². The van der Waals surface area contributed by atoms with Crippen LogP contribution in [0.5, 0.6) is 0 Å². The summed E-state index contributed by atoms with van der Waals surface area (Å²) in [5.41, 5.74) is 0. The standard InChI is InChI=1S/C17H23F2N3O3S/c1-22(13-8-11-2-3-12(9-13)21-11)17(23)6-7-20-26(24,25)14-4-5-15(18)16(19)10-14/h4-5,10-13,20-21H,2-3,6-9H2,1H3. The molecule has 9 heteroatoms. The first-order valence-corrected chi connectivity index (χ1v) is 10.2. The number of amides is 1. The summed E-state index contributed by atoms with van der Waals surface area (Å²) in [6.45, 7) is -0.0949. The first kappa shape index (κ1) is 19.2. The number of piperidine rings is 1. The van der Waals surface area contributed by atoms with Gasteiger partial charge in [0, 0.05) is 38.1 Å². The number of rotatable bonds is 6. The molecule has 2 atom stereocenters. The van der Waals surface area contributed by atoms with Crippen molar-refractivity contribution in [3.05, 3.63) is 29.8 Å². The molecule has 1 amide bonds. The van der Waals surface area contributed by atoms with E-state index in [-0.39, 0.29) is 29.8 Å². The van der Waals surface area contributed by atoms with Crippen LogP contribution in [0.25, 0.3) is 0 Å². The predicted octanol–water partition coefficient (Wildman–Crippen LogP) is 1.37. The lowest BCUT2D eigenvalue weighted by Gasteiger charge is -2.35. The number of carbonyl (C=O) groups excluding carboxylic acids is 1. The van der Waals surface area contributed by atoms with E-state index in [0.717, 1.165) is 37.8 Å². The van der Waals surface area contributed by atoms with Crippen molar-refractivity contribution in [1.82, 2.24) is 14.9 Å². The van der Waals surface area contributed by atoms with Crippen LogP contribution in [0.3, 0.4) is 0 Å². The van der Waals surface area contributed by atoms with Crippen LogP contribution in [0, 0.1) is 11.6 Å². The number of benzene rings is 1. The molecule has 0 radical (unpaired) electrons. The molecule has 2 unspecified atom stereocenters. The van der Waals surface area contributed by atoms with Gasteiger partial charge in [-0.3, -0.25) is 4.79 Å². The highest BCUT2D eigenvalue weighted by Gasteiger charge is 2.36. The molecule has 0 spiro atoms. The Morgan fingerprint density at radius 2 is 1.88 bits per heavy atom. The number of halogens is 2. The topological polar surface area (TPSA) is 78.5 Å². The Bertz CT molecular complexity index is 775. The first-order valence-electron chi connectivity index (χ1n) is 8.72. The molecule has 2 N–H and O–H groups in total. The summed E-state index contributed by atoms with van der Waals surface area (Å²) in [5.74, 6) is -2.48. The first-order chi connectivity index (χ1) is 12.3. The number of hydrogen-bond acceptors (Lipinski definition) is 4. The van der Waals surface area contributed by atoms with Crippen LogP contribution in [0.4, 0.5) is 8.78 Å². The Kier molecular flexibility index (Phi) is 5.59. The number of nitrogens with one attached hydrogen (secondary N) is 2. The van der Waals surface area contributed by atoms with E-state index in [1.54, 1.807) is 11.9 Å². The molecule has 2 saturated heterocycles. The summed E-state index contributed by atoms with van der Waals surface area (Å²) in [5, 5.41) is 3.52. The van der Waals surface area contributed by atoms with Crippen LogP contribution >= 0.6 is 0 Å². The Morgan fingerprint density at radius 1 is 1.23 bits per heavy atom. The Hall–Kier alpha value is -1.58. The highest BCUT2D eigenvalue weighted by atomic mass is 32.2. The highest BCUT2D eigenvalue weighted by Crippen LogP contribution is 2.29. The van der Waals surface area contributed by atoms with Crippen molar-refractivity contribution in [3.8, 4) is 0 Å². The van der Waals surface area contributed by atoms with Crippen LogP contribution in [0.2, 0.25) is 0 Å². The SMILES string of the molecule is CN(C(=O)CCNS(=O)(=O)c1ccc(F)c(F)c1)C1CC2CCC(C1)N2. The molecule has 3 rings (SSSR count). The van der Waals surface area contributed by atoms with Gasteiger partial charge in [-0.05, 0) is 43.9 Å². The molecule has 2 bridgehead atoms. The van der Waals surface area contributed by atoms with Gasteiger partial charge in [-0.25, -0.2) is 21.9 Å². The normalized spacial score (nSPS) is 25.3. The van der Waals surface area contributed by atoms with Gasteiger partial charge in [0.1, 0.15) is 0 Å². The number of nitrogens with zero attached hydrogens (tertiary/aromatic N) is 1. The maximum atomic E-state index is 13.2. The van der Waals surface area contributed by atoms with Crippen molar-refractivity contribution in [2.45, 2.75) is 55.1 Å². The second kappa shape index (κ2) is 7.58. The van der Waals surface area contributed by atoms with Crippen LogP contribution in [0.15, 0.2) is 23.1 Å². The van der Waals surface area contributed by atoms with Gasteiger partial charge in [0.15, 0.2) is 11.6 Å². The minimum atomic E-state index is -3.99. The number of carbonyl (C=O) groups is 1. The second-order valence-electron chi connectivity index (χ2n) is 6.99. The average Bonchev–Trinajstić information content (AvgIpc) is 2.94. The zero-order chi connectivity index (χ0) is 18.9. The van der Waals surface area contributed by atoms with Gasteiger partial charge in [0.05, 0.1) is 4.90 Å². The van der Waals surface area contributed by atoms with E-state index in [9.17, 15) is 22.0 Å². The summed E-state index contributed by atoms with van der Waals surface area (Å²) in [6, 6.07) is 3.45.